The van der Waals surface area contributed by atoms with Gasteiger partial charge >= 0.3 is 0 Å². The van der Waals surface area contributed by atoms with Gasteiger partial charge in [0.15, 0.2) is 0 Å². The first-order valence-corrected chi connectivity index (χ1v) is 8.84. The highest BCUT2D eigenvalue weighted by Gasteiger charge is 2.19. The van der Waals surface area contributed by atoms with Gasteiger partial charge in [-0.3, -0.25) is 0 Å². The average Bonchev–Trinajstić information content (AvgIpc) is 2.86. The van der Waals surface area contributed by atoms with Gasteiger partial charge < -0.3 is 5.32 Å². The Morgan fingerprint density at radius 2 is 1.90 bits per heavy atom. The number of hydrogen-bond donors (Lipinski definition) is 1. The van der Waals surface area contributed by atoms with Gasteiger partial charge in [0.1, 0.15) is 0 Å². The lowest BCUT2D eigenvalue weighted by Crippen LogP contribution is -2.28. The fraction of sp³-hybridized carbons (Fsp3) is 0.412. The zero-order valence-corrected chi connectivity index (χ0v) is 14.5. The van der Waals surface area contributed by atoms with Gasteiger partial charge in [0, 0.05) is 10.9 Å². The lowest BCUT2D eigenvalue weighted by atomic mass is 9.91. The zero-order chi connectivity index (χ0) is 14.4. The summed E-state index contributed by atoms with van der Waals surface area (Å²) in [4.78, 5) is 1.45. The summed E-state index contributed by atoms with van der Waals surface area (Å²) in [6.07, 6.45) is 2.28. The Bertz CT molecular complexity index is 509. The van der Waals surface area contributed by atoms with Gasteiger partial charge in [-0.2, -0.15) is 0 Å². The topological polar surface area (TPSA) is 12.0 Å². The molecule has 0 radical (unpaired) electrons. The molecule has 2 rings (SSSR count). The Labute approximate surface area is 134 Å². The van der Waals surface area contributed by atoms with E-state index < -0.39 is 0 Å². The van der Waals surface area contributed by atoms with Crippen LogP contribution < -0.4 is 5.32 Å². The van der Waals surface area contributed by atoms with E-state index in [4.69, 9.17) is 0 Å². The third-order valence-corrected chi connectivity index (χ3v) is 5.14. The van der Waals surface area contributed by atoms with Crippen molar-refractivity contribution in [2.45, 2.75) is 32.7 Å². The minimum atomic E-state index is 0.428. The number of halogens is 1. The second-order valence-corrected chi connectivity index (χ2v) is 7.78. The highest BCUT2D eigenvalue weighted by atomic mass is 79.9. The van der Waals surface area contributed by atoms with E-state index in [1.54, 1.807) is 0 Å². The van der Waals surface area contributed by atoms with Gasteiger partial charge in [-0.05, 0) is 58.9 Å². The van der Waals surface area contributed by atoms with Crippen molar-refractivity contribution in [1.82, 2.24) is 5.32 Å². The third kappa shape index (κ3) is 4.44. The first-order chi connectivity index (χ1) is 9.70. The van der Waals surface area contributed by atoms with E-state index in [-0.39, 0.29) is 0 Å². The third-order valence-electron chi connectivity index (χ3n) is 3.49. The van der Waals surface area contributed by atoms with Crippen LogP contribution in [-0.2, 0) is 6.42 Å². The second-order valence-electron chi connectivity index (χ2n) is 5.23. The van der Waals surface area contributed by atoms with Gasteiger partial charge in [0.05, 0.1) is 3.79 Å². The summed E-state index contributed by atoms with van der Waals surface area (Å²) >= 11 is 5.39. The molecule has 0 spiro atoms. The van der Waals surface area contributed by atoms with Crippen molar-refractivity contribution in [2.24, 2.45) is 5.92 Å². The summed E-state index contributed by atoms with van der Waals surface area (Å²) < 4.78 is 1.22. The summed E-state index contributed by atoms with van der Waals surface area (Å²) in [6.45, 7) is 5.63. The van der Waals surface area contributed by atoms with Gasteiger partial charge in [0.2, 0.25) is 0 Å². The second kappa shape index (κ2) is 7.96. The molecule has 0 aliphatic rings. The van der Waals surface area contributed by atoms with Gasteiger partial charge in [-0.25, -0.2) is 0 Å². The standard InChI is InChI=1S/C17H22BrNS/c1-3-11-19-17(14-7-5-4-6-8-14)13(2)12-15-9-10-16(18)20-15/h4-10,13,17,19H,3,11-12H2,1-2H3. The van der Waals surface area contributed by atoms with Crippen LogP contribution in [0.1, 0.15) is 36.8 Å². The Balaban J connectivity index is 2.09. The van der Waals surface area contributed by atoms with E-state index in [1.165, 1.54) is 20.6 Å². The van der Waals surface area contributed by atoms with Gasteiger partial charge in [-0.1, -0.05) is 44.2 Å². The maximum absolute atomic E-state index is 3.71. The van der Waals surface area contributed by atoms with Gasteiger partial charge in [0.25, 0.3) is 0 Å². The molecule has 1 heterocycles. The molecule has 0 fully saturated rings. The van der Waals surface area contributed by atoms with Crippen LogP contribution in [0.5, 0.6) is 0 Å². The molecule has 1 nitrogen and oxygen atoms in total. The molecular formula is C17H22BrNS. The fourth-order valence-electron chi connectivity index (χ4n) is 2.50. The summed E-state index contributed by atoms with van der Waals surface area (Å²) in [5.74, 6) is 0.578. The summed E-state index contributed by atoms with van der Waals surface area (Å²) in [5.41, 5.74) is 1.39. The van der Waals surface area contributed by atoms with E-state index in [0.717, 1.165) is 13.0 Å². The Kier molecular flexibility index (Phi) is 6.27. The fourth-order valence-corrected chi connectivity index (χ4v) is 4.13. The first-order valence-electron chi connectivity index (χ1n) is 7.23. The van der Waals surface area contributed by atoms with Crippen LogP contribution in [0.4, 0.5) is 0 Å². The number of benzene rings is 1. The molecular weight excluding hydrogens is 330 g/mol. The summed E-state index contributed by atoms with van der Waals surface area (Å²) in [5, 5.41) is 3.71. The zero-order valence-electron chi connectivity index (χ0n) is 12.1. The molecule has 0 amide bonds. The van der Waals surface area contributed by atoms with E-state index in [1.807, 2.05) is 11.3 Å². The molecule has 0 bridgehead atoms. The molecule has 1 aromatic heterocycles. The SMILES string of the molecule is CCCNC(c1ccccc1)C(C)Cc1ccc(Br)s1. The van der Waals surface area contributed by atoms with E-state index in [9.17, 15) is 0 Å². The Morgan fingerprint density at radius 3 is 2.50 bits per heavy atom. The normalized spacial score (nSPS) is 14.2. The monoisotopic (exact) mass is 351 g/mol. The van der Waals surface area contributed by atoms with E-state index in [0.29, 0.717) is 12.0 Å². The molecule has 20 heavy (non-hydrogen) atoms. The molecule has 108 valence electrons. The average molecular weight is 352 g/mol. The van der Waals surface area contributed by atoms with E-state index >= 15 is 0 Å². The van der Waals surface area contributed by atoms with Crippen molar-refractivity contribution < 1.29 is 0 Å². The largest absolute Gasteiger partial charge is 0.310 e. The maximum atomic E-state index is 3.71. The van der Waals surface area contributed by atoms with Crippen LogP contribution in [0.15, 0.2) is 46.3 Å². The number of thiophene rings is 1. The molecule has 2 atom stereocenters. The van der Waals surface area contributed by atoms with E-state index in [2.05, 4.69) is 77.6 Å². The molecule has 0 saturated carbocycles. The molecule has 3 heteroatoms. The summed E-state index contributed by atoms with van der Waals surface area (Å²) in [6, 6.07) is 15.6. The minimum Gasteiger partial charge on any atom is -0.310 e. The van der Waals surface area contributed by atoms with Gasteiger partial charge in [-0.15, -0.1) is 11.3 Å². The van der Waals surface area contributed by atoms with Crippen LogP contribution in [0, 0.1) is 5.92 Å². The van der Waals surface area contributed by atoms with Crippen molar-refractivity contribution in [3.63, 3.8) is 0 Å². The molecule has 1 N–H and O–H groups in total. The highest BCUT2D eigenvalue weighted by molar-refractivity contribution is 9.11. The predicted octanol–water partition coefficient (Wildman–Crippen LogP) is 5.43. The number of hydrogen-bond acceptors (Lipinski definition) is 2. The minimum absolute atomic E-state index is 0.428. The van der Waals surface area contributed by atoms with Crippen LogP contribution >= 0.6 is 27.3 Å². The first kappa shape index (κ1) is 15.7. The lowest BCUT2D eigenvalue weighted by molar-refractivity contribution is 0.386. The molecule has 0 aliphatic carbocycles. The van der Waals surface area contributed by atoms with Crippen LogP contribution in [-0.4, -0.2) is 6.54 Å². The quantitative estimate of drug-likeness (QED) is 0.701. The lowest BCUT2D eigenvalue weighted by Gasteiger charge is -2.25. The van der Waals surface area contributed by atoms with Crippen molar-refractivity contribution in [2.75, 3.05) is 6.54 Å². The highest BCUT2D eigenvalue weighted by Crippen LogP contribution is 2.29. The smallest absolute Gasteiger partial charge is 0.0701 e. The van der Waals surface area contributed by atoms with Crippen LogP contribution in [0.25, 0.3) is 0 Å². The molecule has 0 aliphatic heterocycles. The molecule has 2 aromatic rings. The predicted molar refractivity (Wildman–Crippen MR) is 92.4 cm³/mol. The number of nitrogens with one attached hydrogen (secondary N) is 1. The van der Waals surface area contributed by atoms with Crippen LogP contribution in [0.3, 0.4) is 0 Å². The van der Waals surface area contributed by atoms with Crippen molar-refractivity contribution in [3.05, 3.63) is 56.7 Å². The van der Waals surface area contributed by atoms with Crippen molar-refractivity contribution in [1.29, 1.82) is 0 Å². The summed E-state index contributed by atoms with van der Waals surface area (Å²) in [7, 11) is 0. The van der Waals surface area contributed by atoms with Crippen LogP contribution in [0.2, 0.25) is 0 Å². The molecule has 1 aromatic carbocycles. The Hall–Kier alpha value is -0.640. The van der Waals surface area contributed by atoms with Crippen molar-refractivity contribution in [3.8, 4) is 0 Å². The number of rotatable bonds is 7. The maximum Gasteiger partial charge on any atom is 0.0701 e. The molecule has 2 unspecified atom stereocenters. The van der Waals surface area contributed by atoms with Crippen molar-refractivity contribution >= 4 is 27.3 Å². The Morgan fingerprint density at radius 1 is 1.15 bits per heavy atom. The molecule has 0 saturated heterocycles.